The number of furan rings is 2. The highest BCUT2D eigenvalue weighted by Gasteiger charge is 2.23. The fourth-order valence-corrected chi connectivity index (χ4v) is 6.01. The summed E-state index contributed by atoms with van der Waals surface area (Å²) in [4.78, 5) is 7.01. The van der Waals surface area contributed by atoms with Crippen LogP contribution in [0.3, 0.4) is 0 Å². The number of fused-ring (bicyclic) bond motifs is 7. The number of benzene rings is 6. The van der Waals surface area contributed by atoms with E-state index in [2.05, 4.69) is 59.5 Å². The maximum Gasteiger partial charge on any atom is 0.227 e. The zero-order valence-electron chi connectivity index (χ0n) is 22.3. The van der Waals surface area contributed by atoms with Gasteiger partial charge < -0.3 is 18.2 Å². The summed E-state index contributed by atoms with van der Waals surface area (Å²) < 4.78 is 19.2. The molecule has 0 aliphatic carbocycles. The van der Waals surface area contributed by atoms with E-state index in [1.165, 1.54) is 0 Å². The van der Waals surface area contributed by atoms with Gasteiger partial charge in [-0.15, -0.1) is 0 Å². The Morgan fingerprint density at radius 2 is 1.19 bits per heavy atom. The fourth-order valence-electron chi connectivity index (χ4n) is 6.01. The van der Waals surface area contributed by atoms with E-state index in [4.69, 9.17) is 18.2 Å². The number of oxazole rings is 1. The minimum absolute atomic E-state index is 0.588. The second-order valence-electron chi connectivity index (χ2n) is 10.4. The Bertz CT molecular complexity index is 2420. The van der Waals surface area contributed by atoms with E-state index in [9.17, 15) is 0 Å². The highest BCUT2D eigenvalue weighted by Crippen LogP contribution is 2.46. The molecule has 0 aliphatic heterocycles. The van der Waals surface area contributed by atoms with Crippen LogP contribution in [0.25, 0.3) is 66.4 Å². The summed E-state index contributed by atoms with van der Waals surface area (Å²) in [7, 11) is 0. The molecular formula is C37H22N2O3. The van der Waals surface area contributed by atoms with Gasteiger partial charge in [0.05, 0.1) is 16.8 Å². The molecule has 0 saturated carbocycles. The predicted molar refractivity (Wildman–Crippen MR) is 169 cm³/mol. The first-order chi connectivity index (χ1) is 20.8. The molecule has 3 aromatic heterocycles. The van der Waals surface area contributed by atoms with Crippen molar-refractivity contribution in [1.82, 2.24) is 4.98 Å². The van der Waals surface area contributed by atoms with Gasteiger partial charge in [-0.2, -0.15) is 0 Å². The maximum atomic E-state index is 6.50. The second kappa shape index (κ2) is 8.85. The van der Waals surface area contributed by atoms with Crippen LogP contribution in [0, 0.1) is 0 Å². The first kappa shape index (κ1) is 22.9. The van der Waals surface area contributed by atoms with Crippen molar-refractivity contribution < 1.29 is 13.3 Å². The summed E-state index contributed by atoms with van der Waals surface area (Å²) in [6.45, 7) is 0. The van der Waals surface area contributed by atoms with E-state index in [1.807, 2.05) is 78.9 Å². The molecule has 9 rings (SSSR count). The van der Waals surface area contributed by atoms with E-state index in [1.54, 1.807) is 0 Å². The van der Waals surface area contributed by atoms with Crippen LogP contribution >= 0.6 is 0 Å². The Morgan fingerprint density at radius 3 is 2.07 bits per heavy atom. The molecule has 0 spiro atoms. The van der Waals surface area contributed by atoms with Crippen molar-refractivity contribution in [3.05, 3.63) is 133 Å². The number of nitrogens with zero attached hydrogens (tertiary/aromatic N) is 2. The number of anilines is 3. The molecule has 0 bridgehead atoms. The van der Waals surface area contributed by atoms with E-state index in [0.29, 0.717) is 11.5 Å². The monoisotopic (exact) mass is 542 g/mol. The van der Waals surface area contributed by atoms with Crippen molar-refractivity contribution in [1.29, 1.82) is 0 Å². The van der Waals surface area contributed by atoms with Crippen LogP contribution in [0.4, 0.5) is 17.1 Å². The molecule has 0 aliphatic rings. The number of rotatable bonds is 4. The van der Waals surface area contributed by atoms with E-state index >= 15 is 0 Å². The molecule has 0 atom stereocenters. The lowest BCUT2D eigenvalue weighted by molar-refractivity contribution is 0.620. The highest BCUT2D eigenvalue weighted by atomic mass is 16.4. The summed E-state index contributed by atoms with van der Waals surface area (Å²) >= 11 is 0. The summed E-state index contributed by atoms with van der Waals surface area (Å²) in [5, 5.41) is 4.12. The minimum Gasteiger partial charge on any atom is -0.456 e. The summed E-state index contributed by atoms with van der Waals surface area (Å²) in [6.07, 6.45) is 0. The molecule has 0 saturated heterocycles. The third-order valence-corrected chi connectivity index (χ3v) is 7.88. The first-order valence-corrected chi connectivity index (χ1v) is 13.9. The highest BCUT2D eigenvalue weighted by molar-refractivity contribution is 6.17. The quantitative estimate of drug-likeness (QED) is 0.221. The second-order valence-corrected chi connectivity index (χ2v) is 10.4. The van der Waals surface area contributed by atoms with Crippen molar-refractivity contribution in [3.8, 4) is 11.5 Å². The number of hydrogen-bond acceptors (Lipinski definition) is 5. The molecule has 0 N–H and O–H groups in total. The van der Waals surface area contributed by atoms with Crippen LogP contribution in [0.2, 0.25) is 0 Å². The van der Waals surface area contributed by atoms with Gasteiger partial charge in [-0.25, -0.2) is 4.98 Å². The van der Waals surface area contributed by atoms with Crippen LogP contribution in [-0.4, -0.2) is 4.98 Å². The Kier molecular flexibility index (Phi) is 4.83. The van der Waals surface area contributed by atoms with Gasteiger partial charge in [0.2, 0.25) is 5.89 Å². The van der Waals surface area contributed by atoms with Crippen molar-refractivity contribution in [2.75, 3.05) is 4.90 Å². The number of hydrogen-bond donors (Lipinski definition) is 0. The number of para-hydroxylation sites is 3. The third kappa shape index (κ3) is 3.40. The molecule has 42 heavy (non-hydrogen) atoms. The molecule has 198 valence electrons. The normalized spacial score (nSPS) is 11.8. The van der Waals surface area contributed by atoms with Crippen molar-refractivity contribution in [3.63, 3.8) is 0 Å². The summed E-state index contributed by atoms with van der Waals surface area (Å²) in [6, 6.07) is 45.0. The van der Waals surface area contributed by atoms with Gasteiger partial charge in [0.15, 0.2) is 11.2 Å². The Hall–Kier alpha value is -5.81. The van der Waals surface area contributed by atoms with Gasteiger partial charge >= 0.3 is 0 Å². The SMILES string of the molecule is c1ccc(-c2nc3cc4oc5cccc(N(c6ccccc6)c6cccc7c6oc6ccccc67)c5c4cc3o2)cc1. The minimum atomic E-state index is 0.588. The van der Waals surface area contributed by atoms with Crippen LogP contribution in [0.1, 0.15) is 0 Å². The average molecular weight is 543 g/mol. The smallest absolute Gasteiger partial charge is 0.227 e. The van der Waals surface area contributed by atoms with Crippen molar-refractivity contribution in [2.45, 2.75) is 0 Å². The molecule has 0 fully saturated rings. The van der Waals surface area contributed by atoms with Crippen LogP contribution in [-0.2, 0) is 0 Å². The Balaban J connectivity index is 1.33. The van der Waals surface area contributed by atoms with Crippen LogP contribution in [0.5, 0.6) is 0 Å². The van der Waals surface area contributed by atoms with Crippen molar-refractivity contribution >= 4 is 72.0 Å². The molecule has 0 radical (unpaired) electrons. The van der Waals surface area contributed by atoms with E-state index < -0.39 is 0 Å². The molecule has 5 nitrogen and oxygen atoms in total. The lowest BCUT2D eigenvalue weighted by atomic mass is 10.1. The van der Waals surface area contributed by atoms with E-state index in [0.717, 1.165) is 72.0 Å². The fraction of sp³-hybridized carbons (Fsp3) is 0. The van der Waals surface area contributed by atoms with E-state index in [-0.39, 0.29) is 0 Å². The lowest BCUT2D eigenvalue weighted by Crippen LogP contribution is -2.10. The third-order valence-electron chi connectivity index (χ3n) is 7.88. The molecule has 0 amide bonds. The summed E-state index contributed by atoms with van der Waals surface area (Å²) in [5.74, 6) is 0.588. The Labute approximate surface area is 239 Å². The van der Waals surface area contributed by atoms with Gasteiger partial charge in [-0.05, 0) is 54.6 Å². The zero-order valence-corrected chi connectivity index (χ0v) is 22.3. The first-order valence-electron chi connectivity index (χ1n) is 13.9. The van der Waals surface area contributed by atoms with Crippen LogP contribution in [0.15, 0.2) is 147 Å². The molecule has 0 unspecified atom stereocenters. The topological polar surface area (TPSA) is 55.6 Å². The molecular weight excluding hydrogens is 520 g/mol. The Morgan fingerprint density at radius 1 is 0.476 bits per heavy atom. The predicted octanol–water partition coefficient (Wildman–Crippen LogP) is 10.8. The summed E-state index contributed by atoms with van der Waals surface area (Å²) in [5.41, 5.74) is 8.59. The van der Waals surface area contributed by atoms with Gasteiger partial charge in [0.25, 0.3) is 0 Å². The van der Waals surface area contributed by atoms with Gasteiger partial charge in [-0.1, -0.05) is 72.8 Å². The standard InChI is InChI=1S/C37H22N2O3/c1-3-11-23(12-4-1)37-38-28-22-33-27(21-34(28)42-37)35-29(17-10-20-32(35)40-33)39(24-13-5-2-6-14-24)30-18-9-16-26-25-15-7-8-19-31(25)41-36(26)30/h1-22H. The van der Waals surface area contributed by atoms with Gasteiger partial charge in [0.1, 0.15) is 22.3 Å². The molecule has 6 aromatic carbocycles. The molecule has 9 aromatic rings. The van der Waals surface area contributed by atoms with Crippen LogP contribution < -0.4 is 4.90 Å². The molecule has 5 heteroatoms. The average Bonchev–Trinajstić information content (AvgIpc) is 3.74. The van der Waals surface area contributed by atoms with Gasteiger partial charge in [-0.3, -0.25) is 0 Å². The zero-order chi connectivity index (χ0) is 27.6. The van der Waals surface area contributed by atoms with Crippen molar-refractivity contribution in [2.24, 2.45) is 0 Å². The molecule has 3 heterocycles. The largest absolute Gasteiger partial charge is 0.456 e. The van der Waals surface area contributed by atoms with Gasteiger partial charge in [0, 0.05) is 33.5 Å². The lowest BCUT2D eigenvalue weighted by Gasteiger charge is -2.26. The maximum absolute atomic E-state index is 6.50. The number of aromatic nitrogens is 1.